The van der Waals surface area contributed by atoms with Crippen molar-refractivity contribution in [2.45, 2.75) is 26.4 Å². The third-order valence-electron chi connectivity index (χ3n) is 4.97. The molecule has 4 rings (SSSR count). The van der Waals surface area contributed by atoms with Crippen molar-refractivity contribution in [1.29, 1.82) is 0 Å². The van der Waals surface area contributed by atoms with E-state index in [9.17, 15) is 9.59 Å². The van der Waals surface area contributed by atoms with Gasteiger partial charge in [-0.3, -0.25) is 9.59 Å². The van der Waals surface area contributed by atoms with E-state index in [0.29, 0.717) is 22.4 Å². The molecule has 0 spiro atoms. The molecule has 0 unspecified atom stereocenters. The zero-order valence-corrected chi connectivity index (χ0v) is 16.8. The number of benzene rings is 3. The number of fused-ring (bicyclic) bond motifs is 1. The molecule has 1 atom stereocenters. The number of ketones is 1. The van der Waals surface area contributed by atoms with Crippen molar-refractivity contribution in [2.24, 2.45) is 0 Å². The molecule has 1 aromatic heterocycles. The molecule has 3 aromatic carbocycles. The number of hydrogen-bond donors (Lipinski definition) is 0. The van der Waals surface area contributed by atoms with Crippen LogP contribution >= 0.6 is 0 Å². The SMILES string of the molecule is Cc1ccc(C(=O)[C@@H](OC(=O)Cc2noc3ccccc23)c2ccc(C)cc2)cc1. The molecule has 5 heteroatoms. The van der Waals surface area contributed by atoms with Crippen LogP contribution in [0.2, 0.25) is 0 Å². The quantitative estimate of drug-likeness (QED) is 0.331. The Morgan fingerprint density at radius 2 is 1.53 bits per heavy atom. The minimum Gasteiger partial charge on any atom is -0.449 e. The lowest BCUT2D eigenvalue weighted by Gasteiger charge is -2.17. The van der Waals surface area contributed by atoms with Crippen LogP contribution in [0.3, 0.4) is 0 Å². The standard InChI is InChI=1S/C25H21NO4/c1-16-7-11-18(12-8-16)24(28)25(19-13-9-17(2)10-14-19)29-23(27)15-21-20-5-3-4-6-22(20)30-26-21/h3-14,25H,15H2,1-2H3/t25-/m0/s1. The highest BCUT2D eigenvalue weighted by Gasteiger charge is 2.27. The van der Waals surface area contributed by atoms with Gasteiger partial charge in [0.15, 0.2) is 11.7 Å². The highest BCUT2D eigenvalue weighted by atomic mass is 16.5. The lowest BCUT2D eigenvalue weighted by atomic mass is 9.98. The molecule has 4 aromatic rings. The van der Waals surface area contributed by atoms with Crippen molar-refractivity contribution in [3.8, 4) is 0 Å². The summed E-state index contributed by atoms with van der Waals surface area (Å²) in [5.74, 6) is -0.808. The third-order valence-corrected chi connectivity index (χ3v) is 4.97. The van der Waals surface area contributed by atoms with Crippen LogP contribution in [0.5, 0.6) is 0 Å². The number of esters is 1. The van der Waals surface area contributed by atoms with Gasteiger partial charge in [-0.1, -0.05) is 76.9 Å². The van der Waals surface area contributed by atoms with Crippen molar-refractivity contribution < 1.29 is 18.8 Å². The van der Waals surface area contributed by atoms with Crippen molar-refractivity contribution in [2.75, 3.05) is 0 Å². The maximum atomic E-state index is 13.2. The number of rotatable bonds is 6. The fraction of sp³-hybridized carbons (Fsp3) is 0.160. The second kappa shape index (κ2) is 8.33. The molecule has 30 heavy (non-hydrogen) atoms. The number of carbonyl (C=O) groups excluding carboxylic acids is 2. The molecular formula is C25H21NO4. The second-order valence-electron chi connectivity index (χ2n) is 7.31. The van der Waals surface area contributed by atoms with E-state index in [0.717, 1.165) is 16.5 Å². The van der Waals surface area contributed by atoms with Gasteiger partial charge in [0, 0.05) is 16.5 Å². The van der Waals surface area contributed by atoms with Crippen molar-refractivity contribution in [1.82, 2.24) is 5.16 Å². The number of ether oxygens (including phenoxy) is 1. The molecule has 150 valence electrons. The minimum absolute atomic E-state index is 0.0828. The Morgan fingerprint density at radius 1 is 0.900 bits per heavy atom. The van der Waals surface area contributed by atoms with Gasteiger partial charge in [-0.15, -0.1) is 0 Å². The smallest absolute Gasteiger partial charge is 0.313 e. The molecule has 0 saturated heterocycles. The predicted octanol–water partition coefficient (Wildman–Crippen LogP) is 5.15. The van der Waals surface area contributed by atoms with Gasteiger partial charge >= 0.3 is 5.97 Å². The van der Waals surface area contributed by atoms with Gasteiger partial charge in [0.1, 0.15) is 5.69 Å². The summed E-state index contributed by atoms with van der Waals surface area (Å²) in [5.41, 5.74) is 4.32. The Hall–Kier alpha value is -3.73. The van der Waals surface area contributed by atoms with Gasteiger partial charge < -0.3 is 9.26 Å². The van der Waals surface area contributed by atoms with Crippen LogP contribution in [0.15, 0.2) is 77.3 Å². The average molecular weight is 399 g/mol. The number of Topliss-reactive ketones (excluding diaryl/α,β-unsaturated/α-hetero) is 1. The highest BCUT2D eigenvalue weighted by Crippen LogP contribution is 2.25. The van der Waals surface area contributed by atoms with Crippen LogP contribution in [0, 0.1) is 13.8 Å². The number of aromatic nitrogens is 1. The van der Waals surface area contributed by atoms with Crippen LogP contribution in [0.25, 0.3) is 11.0 Å². The normalized spacial score (nSPS) is 11.9. The van der Waals surface area contributed by atoms with Crippen molar-refractivity contribution in [3.63, 3.8) is 0 Å². The van der Waals surface area contributed by atoms with Crippen LogP contribution < -0.4 is 0 Å². The maximum Gasteiger partial charge on any atom is 0.313 e. The van der Waals surface area contributed by atoms with E-state index in [1.807, 2.05) is 68.4 Å². The first kappa shape index (κ1) is 19.6. The largest absolute Gasteiger partial charge is 0.449 e. The molecule has 0 fully saturated rings. The number of carbonyl (C=O) groups is 2. The first-order valence-electron chi connectivity index (χ1n) is 9.71. The van der Waals surface area contributed by atoms with Gasteiger partial charge in [-0.05, 0) is 26.0 Å². The molecule has 0 radical (unpaired) electrons. The van der Waals surface area contributed by atoms with Gasteiger partial charge in [-0.25, -0.2) is 0 Å². The zero-order chi connectivity index (χ0) is 21.1. The first-order chi connectivity index (χ1) is 14.5. The Balaban J connectivity index is 1.60. The second-order valence-corrected chi connectivity index (χ2v) is 7.31. The molecular weight excluding hydrogens is 378 g/mol. The summed E-state index contributed by atoms with van der Waals surface area (Å²) in [6.45, 7) is 3.91. The minimum atomic E-state index is -1.03. The molecule has 0 aliphatic rings. The number of nitrogens with zero attached hydrogens (tertiary/aromatic N) is 1. The molecule has 0 aliphatic carbocycles. The summed E-state index contributed by atoms with van der Waals surface area (Å²) in [4.78, 5) is 25.9. The van der Waals surface area contributed by atoms with E-state index >= 15 is 0 Å². The van der Waals surface area contributed by atoms with Gasteiger partial charge in [0.05, 0.1) is 6.42 Å². The number of hydrogen-bond acceptors (Lipinski definition) is 5. The van der Waals surface area contributed by atoms with Crippen LogP contribution in [-0.2, 0) is 16.0 Å². The summed E-state index contributed by atoms with van der Waals surface area (Å²) in [7, 11) is 0. The third kappa shape index (κ3) is 4.15. The summed E-state index contributed by atoms with van der Waals surface area (Å²) >= 11 is 0. The fourth-order valence-electron chi connectivity index (χ4n) is 3.26. The van der Waals surface area contributed by atoms with Crippen LogP contribution in [0.1, 0.15) is 38.8 Å². The molecule has 0 amide bonds. The predicted molar refractivity (Wildman–Crippen MR) is 113 cm³/mol. The molecule has 0 aliphatic heterocycles. The Labute approximate surface area is 174 Å². The van der Waals surface area contributed by atoms with Crippen molar-refractivity contribution in [3.05, 3.63) is 101 Å². The molecule has 1 heterocycles. The molecule has 5 nitrogen and oxygen atoms in total. The van der Waals surface area contributed by atoms with E-state index < -0.39 is 12.1 Å². The first-order valence-corrected chi connectivity index (χ1v) is 9.71. The molecule has 0 bridgehead atoms. The van der Waals surface area contributed by atoms with E-state index in [2.05, 4.69) is 5.16 Å². The van der Waals surface area contributed by atoms with E-state index in [1.165, 1.54) is 0 Å². The summed E-state index contributed by atoms with van der Waals surface area (Å²) in [5, 5.41) is 4.73. The van der Waals surface area contributed by atoms with Crippen LogP contribution in [-0.4, -0.2) is 16.9 Å². The van der Waals surface area contributed by atoms with E-state index in [4.69, 9.17) is 9.26 Å². The Bertz CT molecular complexity index is 1190. The van der Waals surface area contributed by atoms with Gasteiger partial charge in [0.2, 0.25) is 5.78 Å². The van der Waals surface area contributed by atoms with Crippen molar-refractivity contribution >= 4 is 22.7 Å². The summed E-state index contributed by atoms with van der Waals surface area (Å²) in [6.07, 6.45) is -1.11. The summed E-state index contributed by atoms with van der Waals surface area (Å²) in [6, 6.07) is 21.9. The van der Waals surface area contributed by atoms with Crippen LogP contribution in [0.4, 0.5) is 0 Å². The molecule has 0 saturated carbocycles. The number of para-hydroxylation sites is 1. The van der Waals surface area contributed by atoms with Gasteiger partial charge in [0.25, 0.3) is 0 Å². The zero-order valence-electron chi connectivity index (χ0n) is 16.8. The topological polar surface area (TPSA) is 69.4 Å². The lowest BCUT2D eigenvalue weighted by Crippen LogP contribution is -2.21. The monoisotopic (exact) mass is 399 g/mol. The lowest BCUT2D eigenvalue weighted by molar-refractivity contribution is -0.146. The highest BCUT2D eigenvalue weighted by molar-refractivity contribution is 6.01. The van der Waals surface area contributed by atoms with E-state index in [-0.39, 0.29) is 12.2 Å². The van der Waals surface area contributed by atoms with Gasteiger partial charge in [-0.2, -0.15) is 0 Å². The summed E-state index contributed by atoms with van der Waals surface area (Å²) < 4.78 is 10.9. The Kier molecular flexibility index (Phi) is 5.44. The van der Waals surface area contributed by atoms with E-state index in [1.54, 1.807) is 18.2 Å². The Morgan fingerprint density at radius 3 is 2.23 bits per heavy atom. The maximum absolute atomic E-state index is 13.2. The average Bonchev–Trinajstić information content (AvgIpc) is 3.16. The molecule has 0 N–H and O–H groups in total. The number of aryl methyl sites for hydroxylation is 2. The fourth-order valence-corrected chi connectivity index (χ4v) is 3.26.